The van der Waals surface area contributed by atoms with Crippen LogP contribution in [0.25, 0.3) is 0 Å². The van der Waals surface area contributed by atoms with Crippen LogP contribution in [0.3, 0.4) is 0 Å². The van der Waals surface area contributed by atoms with Gasteiger partial charge in [0.25, 0.3) is 0 Å². The molecule has 25 heavy (non-hydrogen) atoms. The highest BCUT2D eigenvalue weighted by atomic mass is 32.2. The van der Waals surface area contributed by atoms with E-state index >= 15 is 0 Å². The molecule has 0 aromatic carbocycles. The number of likely N-dealkylation sites (tertiary alicyclic amines) is 1. The molecule has 2 fully saturated rings. The highest BCUT2D eigenvalue weighted by molar-refractivity contribution is 7.89. The number of sulfonamides is 1. The van der Waals surface area contributed by atoms with Crippen molar-refractivity contribution in [3.05, 3.63) is 10.6 Å². The van der Waals surface area contributed by atoms with Gasteiger partial charge in [-0.05, 0) is 19.3 Å². The number of rotatable bonds is 2. The molecule has 1 aromatic heterocycles. The largest absolute Gasteiger partial charge is 0.375 e. The van der Waals surface area contributed by atoms with E-state index in [2.05, 4.69) is 10.3 Å². The average molecular weight is 386 g/mol. The fourth-order valence-corrected chi connectivity index (χ4v) is 6.39. The predicted molar refractivity (Wildman–Crippen MR) is 94.2 cm³/mol. The van der Waals surface area contributed by atoms with Crippen molar-refractivity contribution in [2.45, 2.75) is 38.3 Å². The Morgan fingerprint density at radius 2 is 2.20 bits per heavy atom. The van der Waals surface area contributed by atoms with Gasteiger partial charge in [-0.2, -0.15) is 4.31 Å². The number of urea groups is 1. The standard InChI is InChI=1S/C15H22N4O4S2/c20-15(17-14-16-12-4-7-23-10-13(12)24-14)18-5-1-3-11(9-18)19-6-2-8-25(19,21)22/h11H,1-10H2,(H,16,17,20). The smallest absolute Gasteiger partial charge is 0.323 e. The van der Waals surface area contributed by atoms with Crippen molar-refractivity contribution < 1.29 is 17.9 Å². The Morgan fingerprint density at radius 1 is 1.32 bits per heavy atom. The highest BCUT2D eigenvalue weighted by Gasteiger charge is 2.37. The molecule has 0 aliphatic carbocycles. The zero-order valence-corrected chi connectivity index (χ0v) is 15.6. The zero-order chi connectivity index (χ0) is 17.4. The monoisotopic (exact) mass is 386 g/mol. The number of nitrogens with zero attached hydrogens (tertiary/aromatic N) is 3. The van der Waals surface area contributed by atoms with Crippen molar-refractivity contribution in [2.24, 2.45) is 0 Å². The quantitative estimate of drug-likeness (QED) is 0.826. The lowest BCUT2D eigenvalue weighted by atomic mass is 10.1. The summed E-state index contributed by atoms with van der Waals surface area (Å²) in [7, 11) is -3.15. The van der Waals surface area contributed by atoms with Crippen LogP contribution in [0.1, 0.15) is 29.8 Å². The third-order valence-corrected chi connectivity index (χ3v) is 7.92. The van der Waals surface area contributed by atoms with Crippen LogP contribution in [-0.4, -0.2) is 66.7 Å². The molecule has 2 amide bonds. The lowest BCUT2D eigenvalue weighted by Gasteiger charge is -2.36. The minimum Gasteiger partial charge on any atom is -0.375 e. The maximum absolute atomic E-state index is 12.6. The number of ether oxygens (including phenoxy) is 1. The van der Waals surface area contributed by atoms with Crippen LogP contribution in [0.5, 0.6) is 0 Å². The van der Waals surface area contributed by atoms with Gasteiger partial charge in [0.1, 0.15) is 0 Å². The van der Waals surface area contributed by atoms with Gasteiger partial charge in [0.15, 0.2) is 5.13 Å². The summed E-state index contributed by atoms with van der Waals surface area (Å²) in [5, 5.41) is 3.47. The van der Waals surface area contributed by atoms with Crippen LogP contribution in [0.2, 0.25) is 0 Å². The molecule has 4 rings (SSSR count). The molecule has 1 atom stereocenters. The summed E-state index contributed by atoms with van der Waals surface area (Å²) in [5.41, 5.74) is 1.01. The van der Waals surface area contributed by atoms with E-state index in [1.165, 1.54) is 11.3 Å². The molecule has 4 heterocycles. The topological polar surface area (TPSA) is 91.8 Å². The number of aromatic nitrogens is 1. The Bertz CT molecular complexity index is 740. The van der Waals surface area contributed by atoms with Crippen LogP contribution in [-0.2, 0) is 27.8 Å². The van der Waals surface area contributed by atoms with Crippen molar-refractivity contribution >= 4 is 32.5 Å². The first-order valence-electron chi connectivity index (χ1n) is 8.65. The number of anilines is 1. The second-order valence-corrected chi connectivity index (χ2v) is 9.77. The summed E-state index contributed by atoms with van der Waals surface area (Å²) < 4.78 is 31.3. The molecular weight excluding hydrogens is 364 g/mol. The number of carbonyl (C=O) groups excluding carboxylic acids is 1. The van der Waals surface area contributed by atoms with E-state index in [9.17, 15) is 13.2 Å². The van der Waals surface area contributed by atoms with Gasteiger partial charge >= 0.3 is 6.03 Å². The van der Waals surface area contributed by atoms with Gasteiger partial charge in [0.2, 0.25) is 10.0 Å². The van der Waals surface area contributed by atoms with E-state index in [-0.39, 0.29) is 17.8 Å². The molecule has 8 nitrogen and oxygen atoms in total. The normalized spacial score (nSPS) is 26.4. The molecule has 3 aliphatic rings. The molecule has 0 saturated carbocycles. The number of nitrogens with one attached hydrogen (secondary N) is 1. The summed E-state index contributed by atoms with van der Waals surface area (Å²) in [4.78, 5) is 19.8. The molecule has 1 unspecified atom stereocenters. The number of fused-ring (bicyclic) bond motifs is 1. The Morgan fingerprint density at radius 3 is 2.96 bits per heavy atom. The molecule has 3 aliphatic heterocycles. The number of thiazole rings is 1. The van der Waals surface area contributed by atoms with Crippen LogP contribution >= 0.6 is 11.3 Å². The van der Waals surface area contributed by atoms with Crippen LogP contribution in [0, 0.1) is 0 Å². The fourth-order valence-electron chi connectivity index (χ4n) is 3.69. The maximum Gasteiger partial charge on any atom is 0.323 e. The van der Waals surface area contributed by atoms with Crippen molar-refractivity contribution in [1.29, 1.82) is 0 Å². The van der Waals surface area contributed by atoms with E-state index in [0.717, 1.165) is 29.8 Å². The van der Waals surface area contributed by atoms with Gasteiger partial charge in [-0.1, -0.05) is 11.3 Å². The van der Waals surface area contributed by atoms with Crippen LogP contribution < -0.4 is 5.32 Å². The minimum atomic E-state index is -3.15. The first kappa shape index (κ1) is 17.2. The first-order valence-corrected chi connectivity index (χ1v) is 11.1. The molecule has 1 N–H and O–H groups in total. The van der Waals surface area contributed by atoms with Gasteiger partial charge in [-0.25, -0.2) is 18.2 Å². The van der Waals surface area contributed by atoms with Crippen molar-refractivity contribution in [3.8, 4) is 0 Å². The number of carbonyl (C=O) groups is 1. The molecular formula is C15H22N4O4S2. The van der Waals surface area contributed by atoms with Crippen LogP contribution in [0.4, 0.5) is 9.93 Å². The van der Waals surface area contributed by atoms with Gasteiger partial charge in [-0.3, -0.25) is 5.32 Å². The first-order chi connectivity index (χ1) is 12.0. The van der Waals surface area contributed by atoms with Crippen LogP contribution in [0.15, 0.2) is 0 Å². The van der Waals surface area contributed by atoms with Gasteiger partial charge in [-0.15, -0.1) is 0 Å². The van der Waals surface area contributed by atoms with Crippen molar-refractivity contribution in [1.82, 2.24) is 14.2 Å². The Kier molecular flexibility index (Phi) is 4.69. The summed E-state index contributed by atoms with van der Waals surface area (Å²) in [6, 6.07) is -0.307. The Hall–Kier alpha value is -1.23. The average Bonchev–Trinajstić information content (AvgIpc) is 3.16. The Balaban J connectivity index is 1.41. The summed E-state index contributed by atoms with van der Waals surface area (Å²) >= 11 is 1.45. The Labute approximate surface area is 151 Å². The number of hydrogen-bond acceptors (Lipinski definition) is 6. The van der Waals surface area contributed by atoms with E-state index in [1.54, 1.807) is 9.21 Å². The zero-order valence-electron chi connectivity index (χ0n) is 13.9. The fraction of sp³-hybridized carbons (Fsp3) is 0.733. The van der Waals surface area contributed by atoms with E-state index in [1.807, 2.05) is 0 Å². The molecule has 1 aromatic rings. The molecule has 2 saturated heterocycles. The third kappa shape index (κ3) is 3.53. The summed E-state index contributed by atoms with van der Waals surface area (Å²) in [6.07, 6.45) is 3.08. The van der Waals surface area contributed by atoms with Crippen molar-refractivity contribution in [2.75, 3.05) is 37.3 Å². The summed E-state index contributed by atoms with van der Waals surface area (Å²) in [6.45, 7) is 2.88. The minimum absolute atomic E-state index is 0.107. The van der Waals surface area contributed by atoms with E-state index < -0.39 is 10.0 Å². The molecule has 0 radical (unpaired) electrons. The predicted octanol–water partition coefficient (Wildman–Crippen LogP) is 1.25. The van der Waals surface area contributed by atoms with Gasteiger partial charge in [0.05, 0.1) is 29.5 Å². The highest BCUT2D eigenvalue weighted by Crippen LogP contribution is 2.28. The lowest BCUT2D eigenvalue weighted by Crippen LogP contribution is -2.51. The number of amides is 2. The van der Waals surface area contributed by atoms with Crippen molar-refractivity contribution in [3.63, 3.8) is 0 Å². The van der Waals surface area contributed by atoms with Gasteiger partial charge in [0, 0.05) is 32.1 Å². The second kappa shape index (κ2) is 6.82. The molecule has 10 heteroatoms. The number of piperidine rings is 1. The van der Waals surface area contributed by atoms with E-state index in [4.69, 9.17) is 4.74 Å². The maximum atomic E-state index is 12.6. The molecule has 0 spiro atoms. The number of hydrogen-bond donors (Lipinski definition) is 1. The lowest BCUT2D eigenvalue weighted by molar-refractivity contribution is 0.112. The summed E-state index contributed by atoms with van der Waals surface area (Å²) in [5.74, 6) is 0.225. The molecule has 0 bridgehead atoms. The van der Waals surface area contributed by atoms with Gasteiger partial charge < -0.3 is 9.64 Å². The second-order valence-electron chi connectivity index (χ2n) is 6.64. The van der Waals surface area contributed by atoms with E-state index in [0.29, 0.717) is 44.4 Å². The SMILES string of the molecule is O=C(Nc1nc2c(s1)COCC2)N1CCCC(N2CCCS2(=O)=O)C1. The molecule has 138 valence electrons. The third-order valence-electron chi connectivity index (χ3n) is 4.94.